The molecule has 1 saturated heterocycles. The number of carbonyl (C=O) groups excluding carboxylic acids is 2. The molecule has 3 N–H and O–H groups in total. The summed E-state index contributed by atoms with van der Waals surface area (Å²) in [6.07, 6.45) is 0.144. The van der Waals surface area contributed by atoms with Gasteiger partial charge in [-0.15, -0.1) is 0 Å². The maximum atomic E-state index is 12.5. The van der Waals surface area contributed by atoms with E-state index in [4.69, 9.17) is 9.90 Å². The van der Waals surface area contributed by atoms with E-state index in [1.807, 2.05) is 48.2 Å². The zero-order chi connectivity index (χ0) is 24.9. The van der Waals surface area contributed by atoms with Crippen molar-refractivity contribution in [3.8, 4) is 0 Å². The van der Waals surface area contributed by atoms with Gasteiger partial charge in [0.05, 0.1) is 0 Å². The standard InChI is InChI=1S/C21H24N4O2.C2HF3O2/c1-15-4-2-6-17(10-15)24-20(27)25-9-7-21(14-25)11-18(21)19(26)23-13-16-5-3-8-22-12-16;3-2(4,5)1(6)7/h2-6,8,10,12,18H,7,9,11,13-14H2,1H3,(H,23,26)(H,24,27);(H,6,7). The molecule has 1 saturated carbocycles. The van der Waals surface area contributed by atoms with Crippen molar-refractivity contribution in [2.45, 2.75) is 32.5 Å². The first-order valence-corrected chi connectivity index (χ1v) is 10.6. The number of pyridine rings is 1. The van der Waals surface area contributed by atoms with Gasteiger partial charge in [0.25, 0.3) is 0 Å². The van der Waals surface area contributed by atoms with Crippen molar-refractivity contribution in [3.05, 3.63) is 59.9 Å². The van der Waals surface area contributed by atoms with Crippen LogP contribution in [0, 0.1) is 18.3 Å². The Kier molecular flexibility index (Phi) is 7.43. The molecule has 8 nitrogen and oxygen atoms in total. The van der Waals surface area contributed by atoms with E-state index in [-0.39, 0.29) is 23.3 Å². The van der Waals surface area contributed by atoms with Gasteiger partial charge in [0.2, 0.25) is 5.91 Å². The Balaban J connectivity index is 0.000000406. The molecule has 1 spiro atoms. The van der Waals surface area contributed by atoms with Gasteiger partial charge in [-0.3, -0.25) is 9.78 Å². The van der Waals surface area contributed by atoms with Crippen molar-refractivity contribution >= 4 is 23.6 Å². The summed E-state index contributed by atoms with van der Waals surface area (Å²) in [5.74, 6) is -2.67. The number of rotatable bonds is 4. The molecule has 0 bridgehead atoms. The van der Waals surface area contributed by atoms with Crippen LogP contribution in [0.3, 0.4) is 0 Å². The first-order valence-electron chi connectivity index (χ1n) is 10.6. The molecule has 4 rings (SSSR count). The minimum Gasteiger partial charge on any atom is -0.475 e. The Morgan fingerprint density at radius 2 is 1.97 bits per heavy atom. The molecule has 2 aromatic rings. The number of aliphatic carboxylic acids is 1. The lowest BCUT2D eigenvalue weighted by Crippen LogP contribution is -2.34. The Morgan fingerprint density at radius 1 is 1.24 bits per heavy atom. The van der Waals surface area contributed by atoms with Gasteiger partial charge in [0.15, 0.2) is 0 Å². The molecule has 2 heterocycles. The number of halogens is 3. The van der Waals surface area contributed by atoms with E-state index in [1.54, 1.807) is 12.4 Å². The van der Waals surface area contributed by atoms with Crippen LogP contribution in [0.1, 0.15) is 24.0 Å². The first kappa shape index (κ1) is 25.0. The number of aromatic nitrogens is 1. The number of hydrogen-bond donors (Lipinski definition) is 3. The van der Waals surface area contributed by atoms with Crippen molar-refractivity contribution in [2.24, 2.45) is 11.3 Å². The van der Waals surface area contributed by atoms with E-state index in [0.717, 1.165) is 29.7 Å². The number of carbonyl (C=O) groups is 3. The summed E-state index contributed by atoms with van der Waals surface area (Å²) in [6, 6.07) is 11.5. The number of urea groups is 1. The van der Waals surface area contributed by atoms with Crippen LogP contribution in [0.15, 0.2) is 48.8 Å². The Morgan fingerprint density at radius 3 is 2.59 bits per heavy atom. The highest BCUT2D eigenvalue weighted by Crippen LogP contribution is 2.58. The van der Waals surface area contributed by atoms with Gasteiger partial charge in [0.1, 0.15) is 0 Å². The molecule has 1 aromatic carbocycles. The Bertz CT molecular complexity index is 1050. The highest BCUT2D eigenvalue weighted by Gasteiger charge is 2.61. The summed E-state index contributed by atoms with van der Waals surface area (Å²) in [5, 5.41) is 13.1. The second-order valence-corrected chi connectivity index (χ2v) is 8.47. The fourth-order valence-electron chi connectivity index (χ4n) is 3.98. The molecule has 2 aliphatic rings. The van der Waals surface area contributed by atoms with Crippen LogP contribution in [0.5, 0.6) is 0 Å². The highest BCUT2D eigenvalue weighted by molar-refractivity contribution is 5.90. The lowest BCUT2D eigenvalue weighted by molar-refractivity contribution is -0.192. The van der Waals surface area contributed by atoms with Gasteiger partial charge >= 0.3 is 18.2 Å². The fraction of sp³-hybridized carbons (Fsp3) is 0.391. The highest BCUT2D eigenvalue weighted by atomic mass is 19.4. The minimum atomic E-state index is -5.08. The zero-order valence-corrected chi connectivity index (χ0v) is 18.4. The van der Waals surface area contributed by atoms with E-state index in [2.05, 4.69) is 15.6 Å². The van der Waals surface area contributed by atoms with Crippen LogP contribution in [0.4, 0.5) is 23.7 Å². The number of aryl methyl sites for hydroxylation is 1. The van der Waals surface area contributed by atoms with E-state index >= 15 is 0 Å². The van der Waals surface area contributed by atoms with Crippen molar-refractivity contribution < 1.29 is 32.7 Å². The summed E-state index contributed by atoms with van der Waals surface area (Å²) in [4.78, 5) is 39.8. The molecule has 182 valence electrons. The van der Waals surface area contributed by atoms with Crippen molar-refractivity contribution in [1.82, 2.24) is 15.2 Å². The third-order valence-electron chi connectivity index (χ3n) is 5.88. The zero-order valence-electron chi connectivity index (χ0n) is 18.4. The van der Waals surface area contributed by atoms with E-state index in [0.29, 0.717) is 19.6 Å². The van der Waals surface area contributed by atoms with Gasteiger partial charge < -0.3 is 20.6 Å². The Hall–Kier alpha value is -3.63. The molecule has 2 unspecified atom stereocenters. The maximum Gasteiger partial charge on any atom is 0.490 e. The van der Waals surface area contributed by atoms with Gasteiger partial charge in [-0.2, -0.15) is 13.2 Å². The lowest BCUT2D eigenvalue weighted by atomic mass is 10.0. The van der Waals surface area contributed by atoms with Crippen LogP contribution in [-0.4, -0.2) is 52.2 Å². The third-order valence-corrected chi connectivity index (χ3v) is 5.88. The van der Waals surface area contributed by atoms with Crippen LogP contribution in [-0.2, 0) is 16.1 Å². The number of nitrogens with zero attached hydrogens (tertiary/aromatic N) is 2. The Labute approximate surface area is 194 Å². The molecular formula is C23H25F3N4O4. The van der Waals surface area contributed by atoms with Crippen LogP contribution in [0.25, 0.3) is 0 Å². The second kappa shape index (κ2) is 10.1. The summed E-state index contributed by atoms with van der Waals surface area (Å²) in [5.41, 5.74) is 2.87. The molecule has 1 aromatic heterocycles. The SMILES string of the molecule is Cc1cccc(NC(=O)N2CCC3(CC3C(=O)NCc3cccnc3)C2)c1.O=C(O)C(F)(F)F. The number of carboxylic acid groups (broad SMARTS) is 1. The normalized spacial score (nSPS) is 20.8. The first-order chi connectivity index (χ1) is 16.0. The molecular weight excluding hydrogens is 453 g/mol. The number of amides is 3. The molecule has 1 aliphatic carbocycles. The van der Waals surface area contributed by atoms with E-state index in [9.17, 15) is 22.8 Å². The molecule has 11 heteroatoms. The molecule has 0 radical (unpaired) electrons. The quantitative estimate of drug-likeness (QED) is 0.622. The van der Waals surface area contributed by atoms with Crippen LogP contribution < -0.4 is 10.6 Å². The number of carboxylic acids is 1. The molecule has 3 amide bonds. The van der Waals surface area contributed by atoms with Gasteiger partial charge in [-0.05, 0) is 49.1 Å². The van der Waals surface area contributed by atoms with Gasteiger partial charge in [0, 0.05) is 49.0 Å². The fourth-order valence-corrected chi connectivity index (χ4v) is 3.98. The molecule has 1 aliphatic heterocycles. The number of anilines is 1. The van der Waals surface area contributed by atoms with Gasteiger partial charge in [-0.25, -0.2) is 9.59 Å². The van der Waals surface area contributed by atoms with Crippen LogP contribution in [0.2, 0.25) is 0 Å². The second-order valence-electron chi connectivity index (χ2n) is 8.47. The summed E-state index contributed by atoms with van der Waals surface area (Å²) in [7, 11) is 0. The molecule has 2 atom stereocenters. The number of likely N-dealkylation sites (tertiary alicyclic amines) is 1. The average molecular weight is 478 g/mol. The van der Waals surface area contributed by atoms with Crippen molar-refractivity contribution in [1.29, 1.82) is 0 Å². The number of hydrogen-bond acceptors (Lipinski definition) is 4. The van der Waals surface area contributed by atoms with Crippen LogP contribution >= 0.6 is 0 Å². The molecule has 2 fully saturated rings. The summed E-state index contributed by atoms with van der Waals surface area (Å²) >= 11 is 0. The lowest BCUT2D eigenvalue weighted by Gasteiger charge is -2.18. The summed E-state index contributed by atoms with van der Waals surface area (Å²) in [6.45, 7) is 3.84. The van der Waals surface area contributed by atoms with Gasteiger partial charge in [-0.1, -0.05) is 18.2 Å². The average Bonchev–Trinajstić information content (AvgIpc) is 3.31. The molecule has 34 heavy (non-hydrogen) atoms. The maximum absolute atomic E-state index is 12.5. The summed E-state index contributed by atoms with van der Waals surface area (Å²) < 4.78 is 31.7. The van der Waals surface area contributed by atoms with Crippen molar-refractivity contribution in [3.63, 3.8) is 0 Å². The minimum absolute atomic E-state index is 0.00550. The number of benzene rings is 1. The third kappa shape index (κ3) is 6.46. The smallest absolute Gasteiger partial charge is 0.475 e. The monoisotopic (exact) mass is 478 g/mol. The van der Waals surface area contributed by atoms with E-state index < -0.39 is 12.1 Å². The largest absolute Gasteiger partial charge is 0.490 e. The number of alkyl halides is 3. The van der Waals surface area contributed by atoms with Crippen molar-refractivity contribution in [2.75, 3.05) is 18.4 Å². The topological polar surface area (TPSA) is 112 Å². The van der Waals surface area contributed by atoms with E-state index in [1.165, 1.54) is 0 Å². The number of nitrogens with one attached hydrogen (secondary N) is 2. The predicted molar refractivity (Wildman–Crippen MR) is 117 cm³/mol. The predicted octanol–water partition coefficient (Wildman–Crippen LogP) is 3.58.